The van der Waals surface area contributed by atoms with Gasteiger partial charge in [0.2, 0.25) is 0 Å². The molecule has 2 unspecified atom stereocenters. The highest BCUT2D eigenvalue weighted by Gasteiger charge is 2.20. The van der Waals surface area contributed by atoms with Crippen molar-refractivity contribution in [2.45, 2.75) is 44.0 Å². The molecule has 0 fully saturated rings. The minimum absolute atomic E-state index is 0.0587. The molecule has 0 aromatic heterocycles. The molecule has 0 aliphatic rings. The molecule has 0 saturated heterocycles. The van der Waals surface area contributed by atoms with E-state index in [4.69, 9.17) is 0 Å². The molecule has 2 atom stereocenters. The van der Waals surface area contributed by atoms with E-state index >= 15 is 0 Å². The zero-order valence-electron chi connectivity index (χ0n) is 12.0. The molecule has 20 heavy (non-hydrogen) atoms. The van der Waals surface area contributed by atoms with Crippen molar-refractivity contribution in [2.75, 3.05) is 12.3 Å². The first-order valence-corrected chi connectivity index (χ1v) is 8.27. The largest absolute Gasteiger partial charge is 0.313 e. The molecular weight excluding hydrogens is 276 g/mol. The fourth-order valence-corrected chi connectivity index (χ4v) is 3.45. The number of rotatable bonds is 9. The van der Waals surface area contributed by atoms with Crippen molar-refractivity contribution < 1.29 is 9.13 Å². The predicted octanol–water partition coefficient (Wildman–Crippen LogP) is 2.87. The Hall–Kier alpha value is -1.27. The van der Waals surface area contributed by atoms with Crippen molar-refractivity contribution in [3.05, 3.63) is 34.4 Å². The predicted molar refractivity (Wildman–Crippen MR) is 81.4 cm³/mol. The Morgan fingerprint density at radius 2 is 2.00 bits per heavy atom. The number of nitrogens with zero attached hydrogens (tertiary/aromatic N) is 1. The molecule has 0 spiro atoms. The second kappa shape index (κ2) is 8.81. The number of hydrogen-bond donors (Lipinski definition) is 1. The summed E-state index contributed by atoms with van der Waals surface area (Å²) in [5.41, 5.74) is -0.0587. The molecule has 0 bridgehead atoms. The van der Waals surface area contributed by atoms with Crippen molar-refractivity contribution in [2.24, 2.45) is 0 Å². The minimum atomic E-state index is -1.35. The van der Waals surface area contributed by atoms with E-state index < -0.39 is 15.7 Å². The first-order valence-electron chi connectivity index (χ1n) is 6.95. The molecule has 0 saturated carbocycles. The zero-order valence-corrected chi connectivity index (χ0v) is 12.8. The fraction of sp³-hybridized carbons (Fsp3) is 0.571. The summed E-state index contributed by atoms with van der Waals surface area (Å²) in [4.78, 5) is 10.8. The normalized spacial score (nSPS) is 13.9. The molecule has 1 aromatic carbocycles. The van der Waals surface area contributed by atoms with Gasteiger partial charge in [-0.15, -0.1) is 0 Å². The van der Waals surface area contributed by atoms with Crippen LogP contribution in [-0.2, 0) is 10.8 Å². The molecule has 0 aliphatic heterocycles. The average molecular weight is 298 g/mol. The molecule has 5 nitrogen and oxygen atoms in total. The van der Waals surface area contributed by atoms with Gasteiger partial charge in [0.15, 0.2) is 0 Å². The maximum absolute atomic E-state index is 12.4. The lowest BCUT2D eigenvalue weighted by Crippen LogP contribution is -2.34. The first kappa shape index (κ1) is 16.8. The smallest absolute Gasteiger partial charge is 0.285 e. The molecule has 1 aromatic rings. The van der Waals surface area contributed by atoms with Crippen molar-refractivity contribution in [3.63, 3.8) is 0 Å². The second-order valence-electron chi connectivity index (χ2n) is 4.68. The number of nitro benzene ring substituents is 1. The van der Waals surface area contributed by atoms with Gasteiger partial charge in [-0.2, -0.15) is 0 Å². The SMILES string of the molecule is CCCNC(CCC)CS(=O)c1ccccc1[N+](=O)[O-]. The van der Waals surface area contributed by atoms with E-state index in [2.05, 4.69) is 19.2 Å². The summed E-state index contributed by atoms with van der Waals surface area (Å²) in [7, 11) is -1.35. The number of para-hydroxylation sites is 1. The van der Waals surface area contributed by atoms with Crippen LogP contribution in [0.4, 0.5) is 5.69 Å². The maximum Gasteiger partial charge on any atom is 0.285 e. The van der Waals surface area contributed by atoms with E-state index in [1.807, 2.05) is 0 Å². The van der Waals surface area contributed by atoms with Crippen molar-refractivity contribution in [3.8, 4) is 0 Å². The van der Waals surface area contributed by atoms with Crippen LogP contribution in [0.2, 0.25) is 0 Å². The van der Waals surface area contributed by atoms with Gasteiger partial charge in [-0.05, 0) is 25.5 Å². The third-order valence-corrected chi connectivity index (χ3v) is 4.52. The van der Waals surface area contributed by atoms with Crippen LogP contribution in [0, 0.1) is 10.1 Å². The molecular formula is C14H22N2O3S. The van der Waals surface area contributed by atoms with E-state index in [1.54, 1.807) is 18.2 Å². The van der Waals surface area contributed by atoms with Crippen LogP contribution in [0.1, 0.15) is 33.1 Å². The molecule has 0 aliphatic carbocycles. The molecule has 1 N–H and O–H groups in total. The van der Waals surface area contributed by atoms with Crippen LogP contribution >= 0.6 is 0 Å². The Morgan fingerprint density at radius 3 is 2.60 bits per heavy atom. The highest BCUT2D eigenvalue weighted by molar-refractivity contribution is 7.85. The fourth-order valence-electron chi connectivity index (χ4n) is 2.01. The van der Waals surface area contributed by atoms with E-state index in [0.29, 0.717) is 10.6 Å². The van der Waals surface area contributed by atoms with Gasteiger partial charge in [-0.25, -0.2) is 0 Å². The summed E-state index contributed by atoms with van der Waals surface area (Å²) in [6.45, 7) is 5.03. The Kier molecular flexibility index (Phi) is 7.40. The van der Waals surface area contributed by atoms with E-state index in [9.17, 15) is 14.3 Å². The average Bonchev–Trinajstić information content (AvgIpc) is 2.44. The quantitative estimate of drug-likeness (QED) is 0.562. The lowest BCUT2D eigenvalue weighted by Gasteiger charge is -2.17. The molecule has 6 heteroatoms. The second-order valence-corrected chi connectivity index (χ2v) is 6.14. The van der Waals surface area contributed by atoms with Crippen LogP contribution in [-0.4, -0.2) is 27.5 Å². The summed E-state index contributed by atoms with van der Waals surface area (Å²) in [6.07, 6.45) is 2.93. The summed E-state index contributed by atoms with van der Waals surface area (Å²) in [5.74, 6) is 0.415. The van der Waals surface area contributed by atoms with Crippen molar-refractivity contribution >= 4 is 16.5 Å². The van der Waals surface area contributed by atoms with Crippen LogP contribution < -0.4 is 5.32 Å². The Labute approximate surface area is 122 Å². The Balaban J connectivity index is 2.80. The topological polar surface area (TPSA) is 72.2 Å². The van der Waals surface area contributed by atoms with E-state index in [0.717, 1.165) is 25.8 Å². The van der Waals surface area contributed by atoms with E-state index in [1.165, 1.54) is 6.07 Å². The molecule has 0 radical (unpaired) electrons. The van der Waals surface area contributed by atoms with Gasteiger partial charge >= 0.3 is 0 Å². The molecule has 0 amide bonds. The molecule has 0 heterocycles. The zero-order chi connectivity index (χ0) is 15.0. The minimum Gasteiger partial charge on any atom is -0.313 e. The van der Waals surface area contributed by atoms with Crippen LogP contribution in [0.15, 0.2) is 29.2 Å². The standard InChI is InChI=1S/C14H22N2O3S/c1-3-7-12(15-10-4-2)11-20(19)14-9-6-5-8-13(14)16(17)18/h5-6,8-9,12,15H,3-4,7,10-11H2,1-2H3. The number of nitrogens with one attached hydrogen (secondary N) is 1. The van der Waals surface area contributed by atoms with Crippen molar-refractivity contribution in [1.82, 2.24) is 5.32 Å². The third-order valence-electron chi connectivity index (χ3n) is 2.98. The Bertz CT molecular complexity index is 465. The van der Waals surface area contributed by atoms with Crippen LogP contribution in [0.5, 0.6) is 0 Å². The summed E-state index contributed by atoms with van der Waals surface area (Å²) < 4.78 is 12.4. The number of benzene rings is 1. The van der Waals surface area contributed by atoms with Gasteiger partial charge < -0.3 is 5.32 Å². The van der Waals surface area contributed by atoms with Crippen LogP contribution in [0.25, 0.3) is 0 Å². The van der Waals surface area contributed by atoms with Gasteiger partial charge in [-0.1, -0.05) is 32.4 Å². The summed E-state index contributed by atoms with van der Waals surface area (Å²) >= 11 is 0. The number of hydrogen-bond acceptors (Lipinski definition) is 4. The Morgan fingerprint density at radius 1 is 1.30 bits per heavy atom. The first-order chi connectivity index (χ1) is 9.60. The monoisotopic (exact) mass is 298 g/mol. The summed E-state index contributed by atoms with van der Waals surface area (Å²) in [5, 5.41) is 14.3. The van der Waals surface area contributed by atoms with Gasteiger partial charge in [0.05, 0.1) is 15.7 Å². The number of nitro groups is 1. The lowest BCUT2D eigenvalue weighted by atomic mass is 10.2. The van der Waals surface area contributed by atoms with Gasteiger partial charge in [0.1, 0.15) is 4.90 Å². The molecule has 1 rings (SSSR count). The van der Waals surface area contributed by atoms with Crippen molar-refractivity contribution in [1.29, 1.82) is 0 Å². The lowest BCUT2D eigenvalue weighted by molar-refractivity contribution is -0.387. The highest BCUT2D eigenvalue weighted by atomic mass is 32.2. The summed E-state index contributed by atoms with van der Waals surface area (Å²) in [6, 6.07) is 6.41. The van der Waals surface area contributed by atoms with Gasteiger partial charge in [-0.3, -0.25) is 14.3 Å². The van der Waals surface area contributed by atoms with Gasteiger partial charge in [0, 0.05) is 17.9 Å². The maximum atomic E-state index is 12.4. The highest BCUT2D eigenvalue weighted by Crippen LogP contribution is 2.22. The third kappa shape index (κ3) is 5.02. The molecule has 112 valence electrons. The van der Waals surface area contributed by atoms with Gasteiger partial charge in [0.25, 0.3) is 5.69 Å². The van der Waals surface area contributed by atoms with Crippen LogP contribution in [0.3, 0.4) is 0 Å². The van der Waals surface area contributed by atoms with E-state index in [-0.39, 0.29) is 11.7 Å².